The maximum absolute atomic E-state index is 12.0. The van der Waals surface area contributed by atoms with E-state index >= 15 is 0 Å². The number of nitrogens with zero attached hydrogens (tertiary/aromatic N) is 1. The van der Waals surface area contributed by atoms with Gasteiger partial charge in [-0.3, -0.25) is 14.9 Å². The van der Waals surface area contributed by atoms with Gasteiger partial charge in [-0.15, -0.1) is 0 Å². The van der Waals surface area contributed by atoms with E-state index in [9.17, 15) is 14.9 Å². The lowest BCUT2D eigenvalue weighted by Crippen LogP contribution is -2.38. The highest BCUT2D eigenvalue weighted by atomic mass is 16.6. The fourth-order valence-corrected chi connectivity index (χ4v) is 2.21. The molecule has 2 aromatic rings. The van der Waals surface area contributed by atoms with Crippen LogP contribution < -0.4 is 10.1 Å². The maximum atomic E-state index is 12.0. The molecule has 1 heterocycles. The quantitative estimate of drug-likeness (QED) is 0.693. The molecule has 0 radical (unpaired) electrons. The lowest BCUT2D eigenvalue weighted by Gasteiger charge is -2.25. The number of benzene rings is 2. The van der Waals surface area contributed by atoms with Crippen LogP contribution in [0, 0.1) is 10.1 Å². The van der Waals surface area contributed by atoms with E-state index in [4.69, 9.17) is 4.74 Å². The number of anilines is 1. The van der Waals surface area contributed by atoms with Crippen molar-refractivity contribution in [1.29, 1.82) is 0 Å². The standard InChI is InChI=1S/C15H12N2O4/c18-15-14(8-10-4-2-1-3-5-10)21-13-9-11(17(19)20)6-7-12(13)16-15/h1-7,9,14H,8H2,(H,16,18). The molecule has 0 bridgehead atoms. The Labute approximate surface area is 120 Å². The lowest BCUT2D eigenvalue weighted by atomic mass is 10.1. The zero-order valence-electron chi connectivity index (χ0n) is 11.0. The number of rotatable bonds is 3. The number of nitrogens with one attached hydrogen (secondary N) is 1. The molecule has 106 valence electrons. The third-order valence-corrected chi connectivity index (χ3v) is 3.26. The third kappa shape index (κ3) is 2.69. The van der Waals surface area contributed by atoms with Gasteiger partial charge >= 0.3 is 0 Å². The predicted octanol–water partition coefficient (Wildman–Crippen LogP) is 2.54. The number of hydrogen-bond donors (Lipinski definition) is 1. The first-order valence-corrected chi connectivity index (χ1v) is 6.43. The van der Waals surface area contributed by atoms with Crippen molar-refractivity contribution in [2.45, 2.75) is 12.5 Å². The summed E-state index contributed by atoms with van der Waals surface area (Å²) in [5.41, 5.74) is 1.35. The first-order chi connectivity index (χ1) is 10.1. The predicted molar refractivity (Wildman–Crippen MR) is 76.3 cm³/mol. The number of nitro groups is 1. The van der Waals surface area contributed by atoms with Gasteiger partial charge in [-0.05, 0) is 11.6 Å². The van der Waals surface area contributed by atoms with E-state index in [2.05, 4.69) is 5.32 Å². The SMILES string of the molecule is O=C1Nc2ccc([N+](=O)[O-])cc2OC1Cc1ccccc1. The fraction of sp³-hybridized carbons (Fsp3) is 0.133. The van der Waals surface area contributed by atoms with Crippen LogP contribution in [0.2, 0.25) is 0 Å². The van der Waals surface area contributed by atoms with Crippen molar-refractivity contribution in [2.24, 2.45) is 0 Å². The van der Waals surface area contributed by atoms with Crippen LogP contribution in [0.4, 0.5) is 11.4 Å². The Morgan fingerprint density at radius 3 is 2.67 bits per heavy atom. The zero-order chi connectivity index (χ0) is 14.8. The molecular weight excluding hydrogens is 272 g/mol. The van der Waals surface area contributed by atoms with E-state index in [1.807, 2.05) is 30.3 Å². The number of amides is 1. The summed E-state index contributed by atoms with van der Waals surface area (Å²) in [4.78, 5) is 22.3. The monoisotopic (exact) mass is 284 g/mol. The number of nitro benzene ring substituents is 1. The van der Waals surface area contributed by atoms with Gasteiger partial charge in [0.25, 0.3) is 11.6 Å². The van der Waals surface area contributed by atoms with E-state index in [1.54, 1.807) is 0 Å². The summed E-state index contributed by atoms with van der Waals surface area (Å²) in [6.07, 6.45) is -0.281. The molecule has 1 N–H and O–H groups in total. The molecule has 2 aromatic carbocycles. The summed E-state index contributed by atoms with van der Waals surface area (Å²) in [6.45, 7) is 0. The molecule has 0 spiro atoms. The zero-order valence-corrected chi connectivity index (χ0v) is 11.0. The van der Waals surface area contributed by atoms with Crippen LogP contribution in [-0.2, 0) is 11.2 Å². The molecule has 1 unspecified atom stereocenters. The molecule has 1 atom stereocenters. The highest BCUT2D eigenvalue weighted by Crippen LogP contribution is 2.33. The van der Waals surface area contributed by atoms with Gasteiger partial charge in [0, 0.05) is 12.5 Å². The van der Waals surface area contributed by atoms with Crippen LogP contribution in [0.5, 0.6) is 5.75 Å². The number of ether oxygens (including phenoxy) is 1. The minimum atomic E-state index is -0.693. The fourth-order valence-electron chi connectivity index (χ4n) is 2.21. The molecule has 6 nitrogen and oxygen atoms in total. The molecule has 21 heavy (non-hydrogen) atoms. The van der Waals surface area contributed by atoms with Crippen LogP contribution in [0.3, 0.4) is 0 Å². The van der Waals surface area contributed by atoms with E-state index < -0.39 is 11.0 Å². The van der Waals surface area contributed by atoms with Crippen molar-refractivity contribution in [3.8, 4) is 5.75 Å². The summed E-state index contributed by atoms with van der Waals surface area (Å²) < 4.78 is 5.62. The smallest absolute Gasteiger partial charge is 0.273 e. The number of carbonyl (C=O) groups excluding carboxylic acids is 1. The van der Waals surface area contributed by atoms with Gasteiger partial charge < -0.3 is 10.1 Å². The van der Waals surface area contributed by atoms with Crippen molar-refractivity contribution in [3.05, 3.63) is 64.2 Å². The summed E-state index contributed by atoms with van der Waals surface area (Å²) in [6, 6.07) is 13.6. The number of hydrogen-bond acceptors (Lipinski definition) is 4. The summed E-state index contributed by atoms with van der Waals surface area (Å²) in [5.74, 6) is 0.0740. The Morgan fingerprint density at radius 2 is 1.95 bits per heavy atom. The molecular formula is C15H12N2O4. The lowest BCUT2D eigenvalue weighted by molar-refractivity contribution is -0.384. The van der Waals surface area contributed by atoms with Gasteiger partial charge in [-0.25, -0.2) is 0 Å². The molecule has 1 amide bonds. The minimum Gasteiger partial charge on any atom is -0.478 e. The largest absolute Gasteiger partial charge is 0.478 e. The average Bonchev–Trinajstić information content (AvgIpc) is 2.48. The second-order valence-electron chi connectivity index (χ2n) is 4.72. The van der Waals surface area contributed by atoms with Crippen LogP contribution in [-0.4, -0.2) is 16.9 Å². The first-order valence-electron chi connectivity index (χ1n) is 6.43. The normalized spacial score (nSPS) is 16.6. The van der Waals surface area contributed by atoms with E-state index in [0.717, 1.165) is 5.56 Å². The summed E-state index contributed by atoms with van der Waals surface area (Å²) >= 11 is 0. The maximum Gasteiger partial charge on any atom is 0.273 e. The van der Waals surface area contributed by atoms with Gasteiger partial charge in [0.05, 0.1) is 16.7 Å². The first kappa shape index (κ1) is 13.1. The molecule has 6 heteroatoms. The Balaban J connectivity index is 1.85. The van der Waals surface area contributed by atoms with Gasteiger partial charge in [-0.1, -0.05) is 30.3 Å². The van der Waals surface area contributed by atoms with Crippen molar-refractivity contribution in [2.75, 3.05) is 5.32 Å². The average molecular weight is 284 g/mol. The molecule has 3 rings (SSSR count). The molecule has 1 aliphatic rings. The highest BCUT2D eigenvalue weighted by molar-refractivity contribution is 5.98. The Kier molecular flexibility index (Phi) is 3.27. The van der Waals surface area contributed by atoms with Gasteiger partial charge in [-0.2, -0.15) is 0 Å². The molecule has 0 saturated heterocycles. The van der Waals surface area contributed by atoms with Crippen molar-refractivity contribution in [1.82, 2.24) is 0 Å². The van der Waals surface area contributed by atoms with E-state index in [0.29, 0.717) is 17.9 Å². The molecule has 0 saturated carbocycles. The van der Waals surface area contributed by atoms with Crippen molar-refractivity contribution in [3.63, 3.8) is 0 Å². The topological polar surface area (TPSA) is 81.5 Å². The van der Waals surface area contributed by atoms with Crippen molar-refractivity contribution >= 4 is 17.3 Å². The number of carbonyl (C=O) groups is 1. The molecule has 0 aromatic heterocycles. The number of fused-ring (bicyclic) bond motifs is 1. The van der Waals surface area contributed by atoms with Crippen LogP contribution >= 0.6 is 0 Å². The summed E-state index contributed by atoms with van der Waals surface area (Å²) in [7, 11) is 0. The molecule has 1 aliphatic heterocycles. The van der Waals surface area contributed by atoms with Gasteiger partial charge in [0.1, 0.15) is 0 Å². The van der Waals surface area contributed by atoms with E-state index in [-0.39, 0.29) is 11.6 Å². The Morgan fingerprint density at radius 1 is 1.19 bits per heavy atom. The Hall–Kier alpha value is -2.89. The summed E-state index contributed by atoms with van der Waals surface area (Å²) in [5, 5.41) is 13.5. The Bertz CT molecular complexity index is 700. The number of non-ortho nitro benzene ring substituents is 1. The third-order valence-electron chi connectivity index (χ3n) is 3.26. The minimum absolute atomic E-state index is 0.0663. The van der Waals surface area contributed by atoms with Crippen LogP contribution in [0.25, 0.3) is 0 Å². The molecule has 0 fully saturated rings. The van der Waals surface area contributed by atoms with Crippen LogP contribution in [0.1, 0.15) is 5.56 Å². The second kappa shape index (κ2) is 5.24. The second-order valence-corrected chi connectivity index (χ2v) is 4.72. The molecule has 0 aliphatic carbocycles. The van der Waals surface area contributed by atoms with Crippen molar-refractivity contribution < 1.29 is 14.5 Å². The van der Waals surface area contributed by atoms with Gasteiger partial charge in [0.2, 0.25) is 0 Å². The van der Waals surface area contributed by atoms with E-state index in [1.165, 1.54) is 18.2 Å². The van der Waals surface area contributed by atoms with Gasteiger partial charge in [0.15, 0.2) is 11.9 Å². The van der Waals surface area contributed by atoms with Crippen LogP contribution in [0.15, 0.2) is 48.5 Å². The highest BCUT2D eigenvalue weighted by Gasteiger charge is 2.28.